The Kier molecular flexibility index (Phi) is 9.31. The van der Waals surface area contributed by atoms with Crippen molar-refractivity contribution >= 4 is 47.0 Å². The van der Waals surface area contributed by atoms with Gasteiger partial charge in [0.05, 0.1) is 23.7 Å². The molecule has 0 spiro atoms. The molecule has 13 heteroatoms. The van der Waals surface area contributed by atoms with E-state index in [9.17, 15) is 10.1 Å². The maximum absolute atomic E-state index is 13.2. The average molecular weight is 614 g/mol. The van der Waals surface area contributed by atoms with Gasteiger partial charge in [0.25, 0.3) is 5.56 Å². The van der Waals surface area contributed by atoms with E-state index in [0.29, 0.717) is 46.3 Å². The van der Waals surface area contributed by atoms with Crippen LogP contribution in [-0.4, -0.2) is 24.5 Å². The summed E-state index contributed by atoms with van der Waals surface area (Å²) in [5.74, 6) is 0.995. The molecule has 0 unspecified atom stereocenters. The fourth-order valence-corrected chi connectivity index (χ4v) is 4.35. The molecule has 0 atom stereocenters. The first-order valence-corrected chi connectivity index (χ1v) is 13.9. The Balaban J connectivity index is 1.41. The van der Waals surface area contributed by atoms with Gasteiger partial charge in [-0.3, -0.25) is 20.2 Å². The van der Waals surface area contributed by atoms with Crippen molar-refractivity contribution in [1.82, 2.24) is 24.5 Å². The van der Waals surface area contributed by atoms with Crippen molar-refractivity contribution in [2.75, 3.05) is 21.5 Å². The van der Waals surface area contributed by atoms with E-state index in [1.54, 1.807) is 7.05 Å². The van der Waals surface area contributed by atoms with Crippen LogP contribution in [-0.2, 0) is 26.6 Å². The van der Waals surface area contributed by atoms with E-state index in [0.717, 1.165) is 16.7 Å². The number of halogens is 2. The Morgan fingerprint density at radius 3 is 1.81 bits per heavy atom. The molecule has 5 aromatic rings. The highest BCUT2D eigenvalue weighted by Crippen LogP contribution is 2.22. The summed E-state index contributed by atoms with van der Waals surface area (Å²) in [7, 11) is 1.57. The largest absolute Gasteiger partial charge is 0.350 e. The number of rotatable bonds is 11. The summed E-state index contributed by atoms with van der Waals surface area (Å²) in [6.45, 7) is 0.892. The Labute approximate surface area is 257 Å². The lowest BCUT2D eigenvalue weighted by molar-refractivity contribution is 0.816. The number of benzene rings is 3. The average Bonchev–Trinajstić information content (AvgIpc) is 3.03. The Bertz CT molecular complexity index is 1740. The fraction of sp³-hybridized carbons (Fsp3) is 0.133. The Hall–Kier alpha value is -5.18. The van der Waals surface area contributed by atoms with Crippen LogP contribution in [0.1, 0.15) is 16.7 Å². The van der Waals surface area contributed by atoms with Crippen LogP contribution >= 0.6 is 23.2 Å². The van der Waals surface area contributed by atoms with Gasteiger partial charge < -0.3 is 10.6 Å². The predicted molar refractivity (Wildman–Crippen MR) is 169 cm³/mol. The monoisotopic (exact) mass is 612 g/mol. The second-order valence-corrected chi connectivity index (χ2v) is 10.2. The smallest absolute Gasteiger partial charge is 0.259 e. The second-order valence-electron chi connectivity index (χ2n) is 9.34. The third-order valence-electron chi connectivity index (χ3n) is 6.34. The van der Waals surface area contributed by atoms with E-state index in [2.05, 4.69) is 47.5 Å². The lowest BCUT2D eigenvalue weighted by atomic mass is 10.1. The van der Waals surface area contributed by atoms with Crippen LogP contribution in [0.3, 0.4) is 0 Å². The zero-order chi connectivity index (χ0) is 30.2. The predicted octanol–water partition coefficient (Wildman–Crippen LogP) is 5.67. The van der Waals surface area contributed by atoms with Gasteiger partial charge >= 0.3 is 0 Å². The number of hydrazine groups is 1. The van der Waals surface area contributed by atoms with Crippen molar-refractivity contribution in [3.05, 3.63) is 116 Å². The minimum absolute atomic E-state index is 0.0730. The summed E-state index contributed by atoms with van der Waals surface area (Å²) in [5.41, 5.74) is 8.95. The van der Waals surface area contributed by atoms with E-state index in [4.69, 9.17) is 23.2 Å². The van der Waals surface area contributed by atoms with Gasteiger partial charge in [0.15, 0.2) is 0 Å². The van der Waals surface area contributed by atoms with Crippen molar-refractivity contribution in [1.29, 1.82) is 5.26 Å². The lowest BCUT2D eigenvalue weighted by Gasteiger charge is -2.16. The molecule has 43 heavy (non-hydrogen) atoms. The molecule has 0 saturated carbocycles. The van der Waals surface area contributed by atoms with E-state index in [1.165, 1.54) is 4.57 Å². The van der Waals surface area contributed by atoms with Gasteiger partial charge in [-0.15, -0.1) is 0 Å². The van der Waals surface area contributed by atoms with E-state index < -0.39 is 0 Å². The molecule has 0 amide bonds. The van der Waals surface area contributed by atoms with Crippen LogP contribution in [0.4, 0.5) is 23.8 Å². The molecular formula is C30H26Cl2N10O. The minimum atomic E-state index is -0.342. The third kappa shape index (κ3) is 7.56. The van der Waals surface area contributed by atoms with Gasteiger partial charge in [-0.05, 0) is 35.4 Å². The number of anilines is 4. The van der Waals surface area contributed by atoms with Crippen molar-refractivity contribution in [2.45, 2.75) is 19.5 Å². The number of nitrogens with one attached hydrogen (secondary N) is 4. The highest BCUT2D eigenvalue weighted by Gasteiger charge is 2.17. The van der Waals surface area contributed by atoms with Crippen LogP contribution in [0.25, 0.3) is 11.3 Å². The molecule has 11 nitrogen and oxygen atoms in total. The molecule has 0 aliphatic carbocycles. The van der Waals surface area contributed by atoms with Gasteiger partial charge in [0.1, 0.15) is 0 Å². The van der Waals surface area contributed by atoms with Crippen LogP contribution < -0.4 is 27.0 Å². The molecule has 0 fully saturated rings. The second kappa shape index (κ2) is 13.7. The first-order valence-electron chi connectivity index (χ1n) is 13.2. The number of hydrogen-bond donors (Lipinski definition) is 4. The standard InChI is InChI=1S/C30H26Cl2N10O/c1-42-26(43)24(15-16-33)25(21-5-3-2-4-6-21)36-30(42)41-40-29-38-27(34-17-19-7-11-22(31)12-8-19)37-28(39-29)35-18-20-9-13-23(32)14-10-20/h2-14H,15,17-18H2,1H3,(H,36,41)(H3,34,35,37,38,39,40). The van der Waals surface area contributed by atoms with Crippen LogP contribution in [0, 0.1) is 11.3 Å². The highest BCUT2D eigenvalue weighted by atomic mass is 35.5. The third-order valence-corrected chi connectivity index (χ3v) is 6.84. The molecule has 0 saturated heterocycles. The van der Waals surface area contributed by atoms with Gasteiger partial charge in [-0.25, -0.2) is 4.98 Å². The SMILES string of the molecule is Cn1c(NNc2nc(NCc3ccc(Cl)cc3)nc(NCc3ccc(Cl)cc3)n2)nc(-c2ccccc2)c(CC#N)c1=O. The summed E-state index contributed by atoms with van der Waals surface area (Å²) in [6.07, 6.45) is -0.0730. The molecular weight excluding hydrogens is 587 g/mol. The zero-order valence-corrected chi connectivity index (χ0v) is 24.5. The van der Waals surface area contributed by atoms with Crippen molar-refractivity contribution < 1.29 is 0 Å². The molecule has 0 aliphatic heterocycles. The van der Waals surface area contributed by atoms with Crippen molar-refractivity contribution in [3.8, 4) is 17.3 Å². The van der Waals surface area contributed by atoms with E-state index in [1.807, 2.05) is 78.9 Å². The molecule has 0 bridgehead atoms. The maximum Gasteiger partial charge on any atom is 0.259 e. The Morgan fingerprint density at radius 2 is 1.28 bits per heavy atom. The summed E-state index contributed by atoms with van der Waals surface area (Å²) in [5, 5.41) is 17.0. The molecule has 0 radical (unpaired) electrons. The molecule has 2 aromatic heterocycles. The van der Waals surface area contributed by atoms with Gasteiger partial charge in [-0.1, -0.05) is 77.8 Å². The minimum Gasteiger partial charge on any atom is -0.350 e. The van der Waals surface area contributed by atoms with E-state index in [-0.39, 0.29) is 23.9 Å². The topological polar surface area (TPSA) is 145 Å². The molecule has 5 rings (SSSR count). The normalized spacial score (nSPS) is 10.6. The van der Waals surface area contributed by atoms with Crippen molar-refractivity contribution in [3.63, 3.8) is 0 Å². The molecule has 4 N–H and O–H groups in total. The highest BCUT2D eigenvalue weighted by molar-refractivity contribution is 6.30. The first kappa shape index (κ1) is 29.3. The van der Waals surface area contributed by atoms with Gasteiger partial charge in [-0.2, -0.15) is 20.2 Å². The molecule has 2 heterocycles. The lowest BCUT2D eigenvalue weighted by Crippen LogP contribution is -2.28. The molecule has 0 aliphatic rings. The quantitative estimate of drug-likeness (QED) is 0.138. The fourth-order valence-electron chi connectivity index (χ4n) is 4.10. The first-order chi connectivity index (χ1) is 20.9. The summed E-state index contributed by atoms with van der Waals surface area (Å²) in [4.78, 5) is 31.3. The summed E-state index contributed by atoms with van der Waals surface area (Å²) in [6, 6.07) is 26.2. The number of hydrogen-bond acceptors (Lipinski definition) is 10. The zero-order valence-electron chi connectivity index (χ0n) is 23.0. The molecule has 3 aromatic carbocycles. The van der Waals surface area contributed by atoms with Gasteiger partial charge in [0, 0.05) is 35.7 Å². The van der Waals surface area contributed by atoms with Crippen LogP contribution in [0.15, 0.2) is 83.7 Å². The molecule has 216 valence electrons. The maximum atomic E-state index is 13.2. The number of nitrogens with zero attached hydrogens (tertiary/aromatic N) is 6. The summed E-state index contributed by atoms with van der Waals surface area (Å²) < 4.78 is 1.33. The van der Waals surface area contributed by atoms with Gasteiger partial charge in [0.2, 0.25) is 23.8 Å². The van der Waals surface area contributed by atoms with E-state index >= 15 is 0 Å². The van der Waals surface area contributed by atoms with Crippen LogP contribution in [0.2, 0.25) is 10.0 Å². The van der Waals surface area contributed by atoms with Crippen molar-refractivity contribution in [2.24, 2.45) is 7.05 Å². The number of nitriles is 1. The number of aromatic nitrogens is 5. The Morgan fingerprint density at radius 1 is 0.744 bits per heavy atom. The van der Waals surface area contributed by atoms with Crippen LogP contribution in [0.5, 0.6) is 0 Å². The summed E-state index contributed by atoms with van der Waals surface area (Å²) >= 11 is 12.0.